The van der Waals surface area contributed by atoms with Gasteiger partial charge in [0, 0.05) is 59.8 Å². The number of aliphatic hydroxyl groups is 6. The molecule has 658 valence electrons. The number of amides is 9. The molecule has 1 saturated heterocycles. The molecule has 6 aromatic carbocycles. The minimum Gasteiger partial charge on any atom is -0.508 e. The zero-order chi connectivity index (χ0) is 88.1. The van der Waals surface area contributed by atoms with Crippen LogP contribution < -0.4 is 78.3 Å². The number of phenolic OH excluding ortho intramolecular Hbond substituents is 3. The Kier molecular flexibility index (Phi) is 26.5. The summed E-state index contributed by atoms with van der Waals surface area (Å²) in [7, 11) is 1.48. The lowest BCUT2D eigenvalue weighted by molar-refractivity contribution is -0.286. The summed E-state index contributed by atoms with van der Waals surface area (Å²) in [6.45, 7) is 6.23. The van der Waals surface area contributed by atoms with Crippen LogP contribution in [0.25, 0.3) is 11.1 Å². The number of carbonyl (C=O) groups is 9. The van der Waals surface area contributed by atoms with E-state index in [1.165, 1.54) is 62.5 Å². The van der Waals surface area contributed by atoms with Gasteiger partial charge in [-0.25, -0.2) is 0 Å². The lowest BCUT2D eigenvalue weighted by Crippen LogP contribution is -2.63. The molecule has 0 spiro atoms. The summed E-state index contributed by atoms with van der Waals surface area (Å²) in [4.78, 5) is 139. The van der Waals surface area contributed by atoms with Gasteiger partial charge in [-0.2, -0.15) is 0 Å². The molecule has 5 saturated carbocycles. The molecule has 0 radical (unpaired) electrons. The molecule has 6 fully saturated rings. The molecule has 6 aliphatic heterocycles. The summed E-state index contributed by atoms with van der Waals surface area (Å²) in [5.41, 5.74) is 8.59. The first-order valence-corrected chi connectivity index (χ1v) is 41.7. The second-order valence-corrected chi connectivity index (χ2v) is 34.7. The molecule has 17 rings (SSSR count). The maximum atomic E-state index is 16.7. The monoisotopic (exact) mass is 1740 g/mol. The molecule has 22 N–H and O–H groups in total. The number of aliphatic hydroxyl groups excluding tert-OH is 6. The third kappa shape index (κ3) is 19.0. The number of phenols is 3. The number of fused-ring (bicyclic) bond motifs is 15. The van der Waals surface area contributed by atoms with Crippen LogP contribution in [0.2, 0.25) is 10.0 Å². The number of nitrogens with two attached hydrogens (primary N) is 2. The summed E-state index contributed by atoms with van der Waals surface area (Å²) in [6, 6.07) is 5.65. The molecule has 18 atom stereocenters. The number of imide groups is 1. The average molecular weight is 1740 g/mol. The van der Waals surface area contributed by atoms with Crippen molar-refractivity contribution in [3.63, 3.8) is 0 Å². The number of rotatable bonds is 18. The first kappa shape index (κ1) is 88.8. The van der Waals surface area contributed by atoms with Crippen LogP contribution in [0.5, 0.6) is 51.7 Å². The lowest BCUT2D eigenvalue weighted by atomic mass is 9.54. The fraction of sp³-hybridized carbons (Fsp3) is 0.477. The first-order valence-electron chi connectivity index (χ1n) is 40.9. The fourth-order valence-corrected chi connectivity index (χ4v) is 19.0. The van der Waals surface area contributed by atoms with Gasteiger partial charge in [-0.05, 0) is 202 Å². The molecule has 6 heterocycles. The second-order valence-electron chi connectivity index (χ2n) is 33.9. The molecule has 0 aromatic heterocycles. The molecule has 9 amide bonds. The lowest BCUT2D eigenvalue weighted by Gasteiger charge is -2.54. The Balaban J connectivity index is 0.966. The highest BCUT2D eigenvalue weighted by atomic mass is 35.5. The maximum Gasteiger partial charge on any atom is 0.257 e. The Hall–Kier alpha value is -10.5. The third-order valence-electron chi connectivity index (χ3n) is 24.6. The largest absolute Gasteiger partial charge is 0.508 e. The smallest absolute Gasteiger partial charge is 0.257 e. The van der Waals surface area contributed by atoms with E-state index in [-0.39, 0.29) is 117 Å². The number of aromatic hydroxyl groups is 3. The zero-order valence-corrected chi connectivity index (χ0v) is 69.2. The number of ether oxygens (including phenoxy) is 6. The van der Waals surface area contributed by atoms with Crippen molar-refractivity contribution >= 4 is 76.4 Å². The number of carbonyl (C=O) groups excluding carboxylic acids is 9. The van der Waals surface area contributed by atoms with E-state index >= 15 is 28.8 Å². The predicted octanol–water partition coefficient (Wildman–Crippen LogP) is 3.43. The van der Waals surface area contributed by atoms with Gasteiger partial charge in [0.05, 0.1) is 40.8 Å². The van der Waals surface area contributed by atoms with Gasteiger partial charge in [0.1, 0.15) is 108 Å². The molecule has 11 aliphatic rings. The molecule has 37 heteroatoms. The fourth-order valence-electron chi connectivity index (χ4n) is 18.5. The van der Waals surface area contributed by atoms with Crippen molar-refractivity contribution in [3.8, 4) is 62.9 Å². The number of benzene rings is 6. The van der Waals surface area contributed by atoms with E-state index in [1.54, 1.807) is 6.92 Å². The molecule has 0 unspecified atom stereocenters. The van der Waals surface area contributed by atoms with Crippen LogP contribution in [0.4, 0.5) is 0 Å². The summed E-state index contributed by atoms with van der Waals surface area (Å²) < 4.78 is 38.8. The zero-order valence-electron chi connectivity index (χ0n) is 67.6. The summed E-state index contributed by atoms with van der Waals surface area (Å²) in [6.07, 6.45) is -11.9. The van der Waals surface area contributed by atoms with E-state index in [0.717, 1.165) is 86.7 Å². The van der Waals surface area contributed by atoms with Gasteiger partial charge in [-0.1, -0.05) is 55.2 Å². The highest BCUT2D eigenvalue weighted by Crippen LogP contribution is 2.55. The van der Waals surface area contributed by atoms with Crippen molar-refractivity contribution in [2.45, 2.75) is 194 Å². The Bertz CT molecular complexity index is 5040. The van der Waals surface area contributed by atoms with E-state index in [0.29, 0.717) is 17.6 Å². The topological polar surface area (TPSA) is 551 Å². The van der Waals surface area contributed by atoms with Crippen molar-refractivity contribution < 1.29 is 118 Å². The molecular formula is C86H101Cl2N11O24. The Morgan fingerprint density at radius 1 is 0.667 bits per heavy atom. The minimum absolute atomic E-state index is 0.0585. The quantitative estimate of drug-likeness (QED) is 0.0586. The second kappa shape index (κ2) is 36.7. The van der Waals surface area contributed by atoms with E-state index in [9.17, 15) is 60.3 Å². The van der Waals surface area contributed by atoms with Gasteiger partial charge < -0.3 is 128 Å². The molecule has 6 aromatic rings. The van der Waals surface area contributed by atoms with Crippen LogP contribution in [-0.4, -0.2) is 205 Å². The molecule has 35 nitrogen and oxygen atoms in total. The van der Waals surface area contributed by atoms with E-state index in [4.69, 9.17) is 63.1 Å². The number of likely N-dealkylation sites (N-methyl/N-ethyl adjacent to an activating group) is 1. The summed E-state index contributed by atoms with van der Waals surface area (Å²) >= 11 is 14.5. The first-order chi connectivity index (χ1) is 58.5. The number of halogens is 2. The normalized spacial score (nSPS) is 30.6. The molecular weight excluding hydrogens is 1640 g/mol. The summed E-state index contributed by atoms with van der Waals surface area (Å²) in [5, 5.41) is 130. The molecule has 123 heavy (non-hydrogen) atoms. The summed E-state index contributed by atoms with van der Waals surface area (Å²) in [5.74, 6) is -15.2. The number of hydrogen-bond acceptors (Lipinski definition) is 27. The van der Waals surface area contributed by atoms with Gasteiger partial charge in [0.2, 0.25) is 53.0 Å². The van der Waals surface area contributed by atoms with Crippen LogP contribution in [-0.2, 0) is 47.8 Å². The van der Waals surface area contributed by atoms with Crippen molar-refractivity contribution in [2.24, 2.45) is 47.0 Å². The van der Waals surface area contributed by atoms with Gasteiger partial charge in [0.15, 0.2) is 17.8 Å². The average Bonchev–Trinajstić information content (AvgIpc) is 0.760. The Morgan fingerprint density at radius 3 is 1.89 bits per heavy atom. The van der Waals surface area contributed by atoms with Crippen LogP contribution in [0.1, 0.15) is 154 Å². The third-order valence-corrected chi connectivity index (χ3v) is 25.2. The van der Waals surface area contributed by atoms with Crippen LogP contribution >= 0.6 is 23.2 Å². The van der Waals surface area contributed by atoms with Gasteiger partial charge in [-0.3, -0.25) is 48.5 Å². The molecule has 15 bridgehead atoms. The van der Waals surface area contributed by atoms with Crippen molar-refractivity contribution in [3.05, 3.63) is 147 Å². The van der Waals surface area contributed by atoms with Gasteiger partial charge in [-0.15, -0.1) is 0 Å². The highest BCUT2D eigenvalue weighted by Gasteiger charge is 2.53. The van der Waals surface area contributed by atoms with Crippen LogP contribution in [0.3, 0.4) is 0 Å². The minimum atomic E-state index is -2.39. The van der Waals surface area contributed by atoms with Crippen molar-refractivity contribution in [1.82, 2.24) is 47.9 Å². The molecule has 5 aliphatic carbocycles. The van der Waals surface area contributed by atoms with E-state index in [2.05, 4.69) is 47.9 Å². The number of nitrogens with one attached hydrogen (secondary N) is 9. The van der Waals surface area contributed by atoms with Crippen molar-refractivity contribution in [1.29, 1.82) is 0 Å². The standard InChI is InChI=1S/C86H101Cl2N11O24/c1-35(2)18-53(91-5)79(111)98-69-71(105)41-9-14-57(51(87)25-41)120-59-27-45-28-60(75(59)122-61-29-46(34-100)73(107)74(108)76(61)123-63-33-86(4,90)77(109)36(3)119-63)121-58-15-10-42(26-52(58)88)72(106)70-85(117)97-68(83(115)94-65-43-20-37-19-38(22-43)23-44(65)21-37)50-30-47(101)31-56(103)64(50)49-24-40(8-13-55(49)102)66(81(113)99-70)96-82(114)67(45)95-80(112)54(92-84(69)116)32-62(104)93-78(110)39-6-11-48(12-7-39)118-17-16-89/h6-15,24-28,30-31,35-38,43-44,46,53-54,61,63,65-74,76-77,91,100-103,105-109H,16-23,29,32-34,89-90H2,1-5H3,(H,92,116)(H,94,115)(H,95,112)(H,96,114)(H,97,117)(H,98,111)(H,99,113)(H,93,104,110)/t36-,37?,38?,43?,44?,46+,53+,54-,61+,63-,65?,66+,67+,68-,69+,70-,71+,72+,73+,74-,76-,77+,86-/m0/s1. The number of hydrogen-bond donors (Lipinski definition) is 20. The SMILES string of the molecule is CN[C@H](CC(C)C)C(=O)N[C@H]1C(=O)N[C@@H](CC(=O)NC(=O)c2ccc(OCCN)cc2)C(=O)N[C@H]2C(=O)N[C@H]3C(=O)N[C@H](C(=O)N[C@H](C(=O)NC4C5CC6CC(C5)CC4C6)c4cc(O)cc(O)c4-c4cc3ccc4O)[C@H](O)c3ccc(c(Cl)c3)Oc3cc2cc(c3O[C@@H]2C[C@H](CO)[C@@H](O)[C@H](O)[C@H]2O[C@H]2C[C@](C)(N)[C@H](O)[C@H](C)O2)Oc2ccc(cc2Cl)[C@H]1O. The Labute approximate surface area is 715 Å². The van der Waals surface area contributed by atoms with E-state index < -0.39 is 215 Å². The maximum absolute atomic E-state index is 16.7. The van der Waals surface area contributed by atoms with Crippen LogP contribution in [0, 0.1) is 35.5 Å². The van der Waals surface area contributed by atoms with Crippen molar-refractivity contribution in [2.75, 3.05) is 26.8 Å². The predicted molar refractivity (Wildman–Crippen MR) is 438 cm³/mol. The van der Waals surface area contributed by atoms with Crippen LogP contribution in [0.15, 0.2) is 103 Å². The Morgan fingerprint density at radius 2 is 1.28 bits per heavy atom. The van der Waals surface area contributed by atoms with E-state index in [1.807, 2.05) is 13.8 Å². The van der Waals surface area contributed by atoms with Gasteiger partial charge >= 0.3 is 0 Å². The highest BCUT2D eigenvalue weighted by molar-refractivity contribution is 6.32. The van der Waals surface area contributed by atoms with Gasteiger partial charge in [0.25, 0.3) is 5.91 Å².